The number of nitrogens with one attached hydrogen (secondary N) is 2. The molecule has 1 saturated heterocycles. The summed E-state index contributed by atoms with van der Waals surface area (Å²) in [6, 6.07) is 3.96. The number of likely N-dealkylation sites (tertiary alicyclic amines) is 1. The molecule has 4 aromatic heterocycles. The highest BCUT2D eigenvalue weighted by Crippen LogP contribution is 2.50. The summed E-state index contributed by atoms with van der Waals surface area (Å²) in [5.74, 6) is 0.725. The summed E-state index contributed by atoms with van der Waals surface area (Å²) in [4.78, 5) is 30.1. The number of aromatic nitrogens is 5. The Morgan fingerprint density at radius 2 is 2.06 bits per heavy atom. The molecule has 5 heterocycles. The van der Waals surface area contributed by atoms with E-state index in [1.54, 1.807) is 26.3 Å². The minimum Gasteiger partial charge on any atom is -0.480 e. The Morgan fingerprint density at radius 3 is 2.79 bits per heavy atom. The lowest BCUT2D eigenvalue weighted by atomic mass is 9.60. The van der Waals surface area contributed by atoms with Gasteiger partial charge in [0.25, 0.3) is 0 Å². The number of aromatic amines is 1. The Balaban J connectivity index is 1.23. The van der Waals surface area contributed by atoms with Crippen LogP contribution in [-0.2, 0) is 4.79 Å². The van der Waals surface area contributed by atoms with E-state index in [0.717, 1.165) is 55.3 Å². The van der Waals surface area contributed by atoms with E-state index in [-0.39, 0.29) is 5.91 Å². The second kappa shape index (κ2) is 7.68. The molecule has 0 aromatic carbocycles. The molecule has 9 nitrogen and oxygen atoms in total. The number of carbonyl (C=O) groups excluding carboxylic acids is 1. The Hall–Kier alpha value is -3.69. The van der Waals surface area contributed by atoms with Crippen LogP contribution in [-0.4, -0.2) is 61.4 Å². The van der Waals surface area contributed by atoms with Gasteiger partial charge in [0.15, 0.2) is 0 Å². The van der Waals surface area contributed by atoms with E-state index in [4.69, 9.17) is 4.74 Å². The maximum Gasteiger partial charge on any atom is 0.228 e. The number of H-pyrrole nitrogens is 1. The van der Waals surface area contributed by atoms with Gasteiger partial charge in [-0.15, -0.1) is 0 Å². The molecular formula is C24H26FN7O2. The quantitative estimate of drug-likeness (QED) is 0.480. The number of anilines is 1. The Morgan fingerprint density at radius 1 is 1.26 bits per heavy atom. The van der Waals surface area contributed by atoms with Gasteiger partial charge in [-0.25, -0.2) is 4.98 Å². The van der Waals surface area contributed by atoms with E-state index in [1.807, 2.05) is 17.2 Å². The van der Waals surface area contributed by atoms with E-state index in [9.17, 15) is 9.18 Å². The molecular weight excluding hydrogens is 437 g/mol. The number of ether oxygens (including phenoxy) is 1. The van der Waals surface area contributed by atoms with Crippen LogP contribution in [0.5, 0.6) is 5.88 Å². The number of fused-ring (bicyclic) bond motifs is 2. The van der Waals surface area contributed by atoms with Gasteiger partial charge < -0.3 is 19.9 Å². The fourth-order valence-electron chi connectivity index (χ4n) is 5.52. The molecule has 176 valence electrons. The van der Waals surface area contributed by atoms with Gasteiger partial charge in [-0.2, -0.15) is 14.4 Å². The SMILES string of the molecule is COc1nc(NC2CC3(CCN(C(C)=O)CC3)C2)nc2[nH]cc(-c3ccc4ncc(F)n4c3)c12. The molecule has 4 aromatic rings. The largest absolute Gasteiger partial charge is 0.480 e. The third kappa shape index (κ3) is 3.36. The summed E-state index contributed by atoms with van der Waals surface area (Å²) < 4.78 is 21.1. The first-order chi connectivity index (χ1) is 16.4. The van der Waals surface area contributed by atoms with Crippen molar-refractivity contribution < 1.29 is 13.9 Å². The number of hydrogen-bond acceptors (Lipinski definition) is 6. The first kappa shape index (κ1) is 20.9. The smallest absolute Gasteiger partial charge is 0.228 e. The molecule has 1 aliphatic heterocycles. The maximum atomic E-state index is 14.0. The number of pyridine rings is 1. The van der Waals surface area contributed by atoms with Crippen molar-refractivity contribution >= 4 is 28.5 Å². The van der Waals surface area contributed by atoms with Crippen LogP contribution >= 0.6 is 0 Å². The van der Waals surface area contributed by atoms with Gasteiger partial charge in [0, 0.05) is 49.6 Å². The molecule has 0 radical (unpaired) electrons. The standard InChI is InChI=1S/C24H26FN7O2/c1-14(33)31-7-5-24(6-8-31)9-16(10-24)28-23-29-21-20(22(30-23)34-2)17(11-27-21)15-3-4-19-26-12-18(25)32(19)13-15/h3-4,11-13,16H,5-10H2,1-2H3,(H2,27,28,29,30). The number of amides is 1. The second-order valence-corrected chi connectivity index (χ2v) is 9.46. The van der Waals surface area contributed by atoms with Crippen molar-refractivity contribution in [3.05, 3.63) is 36.7 Å². The highest BCUT2D eigenvalue weighted by Gasteiger charge is 2.46. The van der Waals surface area contributed by atoms with Crippen molar-refractivity contribution in [3.63, 3.8) is 0 Å². The van der Waals surface area contributed by atoms with Gasteiger partial charge in [-0.05, 0) is 43.2 Å². The van der Waals surface area contributed by atoms with E-state index in [0.29, 0.717) is 34.6 Å². The number of halogens is 1. The molecule has 1 saturated carbocycles. The van der Waals surface area contributed by atoms with E-state index in [2.05, 4.69) is 25.3 Å². The number of imidazole rings is 1. The van der Waals surface area contributed by atoms with Crippen molar-refractivity contribution in [3.8, 4) is 17.0 Å². The average Bonchev–Trinajstić information content (AvgIpc) is 3.41. The minimum absolute atomic E-state index is 0.165. The number of methoxy groups -OCH3 is 1. The molecule has 0 unspecified atom stereocenters. The summed E-state index contributed by atoms with van der Waals surface area (Å²) in [5.41, 5.74) is 3.14. The van der Waals surface area contributed by atoms with E-state index >= 15 is 0 Å². The zero-order chi connectivity index (χ0) is 23.4. The lowest BCUT2D eigenvalue weighted by Crippen LogP contribution is -2.52. The fourth-order valence-corrected chi connectivity index (χ4v) is 5.52. The normalized spacial score (nSPS) is 17.9. The van der Waals surface area contributed by atoms with Gasteiger partial charge in [-0.3, -0.25) is 9.20 Å². The lowest BCUT2D eigenvalue weighted by molar-refractivity contribution is -0.132. The van der Waals surface area contributed by atoms with Gasteiger partial charge in [0.1, 0.15) is 11.3 Å². The van der Waals surface area contributed by atoms with E-state index in [1.165, 1.54) is 10.6 Å². The van der Waals surface area contributed by atoms with Crippen LogP contribution in [0.3, 0.4) is 0 Å². The first-order valence-electron chi connectivity index (χ1n) is 11.5. The predicted octanol–water partition coefficient (Wildman–Crippen LogP) is 3.62. The van der Waals surface area contributed by atoms with Crippen LogP contribution in [0.2, 0.25) is 0 Å². The van der Waals surface area contributed by atoms with Crippen molar-refractivity contribution in [1.82, 2.24) is 29.2 Å². The summed E-state index contributed by atoms with van der Waals surface area (Å²) in [7, 11) is 1.59. The lowest BCUT2D eigenvalue weighted by Gasteiger charge is -2.52. The van der Waals surface area contributed by atoms with Gasteiger partial charge in [0.05, 0.1) is 18.7 Å². The summed E-state index contributed by atoms with van der Waals surface area (Å²) in [5, 5.41) is 4.21. The first-order valence-corrected chi connectivity index (χ1v) is 11.5. The Kier molecular flexibility index (Phi) is 4.72. The number of rotatable bonds is 4. The number of piperidine rings is 1. The molecule has 2 fully saturated rings. The molecule has 10 heteroatoms. The van der Waals surface area contributed by atoms with Crippen LogP contribution in [0.4, 0.5) is 10.3 Å². The zero-order valence-electron chi connectivity index (χ0n) is 19.1. The highest BCUT2D eigenvalue weighted by molar-refractivity contribution is 5.97. The van der Waals surface area contributed by atoms with Crippen LogP contribution in [0.15, 0.2) is 30.7 Å². The molecule has 6 rings (SSSR count). The average molecular weight is 464 g/mol. The van der Waals surface area contributed by atoms with Gasteiger partial charge in [0.2, 0.25) is 23.7 Å². The fraction of sp³-hybridized carbons (Fsp3) is 0.417. The van der Waals surface area contributed by atoms with Crippen molar-refractivity contribution in [2.24, 2.45) is 5.41 Å². The monoisotopic (exact) mass is 463 g/mol. The molecule has 1 aliphatic carbocycles. The second-order valence-electron chi connectivity index (χ2n) is 9.46. The van der Waals surface area contributed by atoms with Gasteiger partial charge >= 0.3 is 0 Å². The number of nitrogens with zero attached hydrogens (tertiary/aromatic N) is 5. The summed E-state index contributed by atoms with van der Waals surface area (Å²) in [6.45, 7) is 3.33. The van der Waals surface area contributed by atoms with Crippen molar-refractivity contribution in [2.75, 3.05) is 25.5 Å². The van der Waals surface area contributed by atoms with Crippen LogP contribution in [0.1, 0.15) is 32.6 Å². The number of carbonyl (C=O) groups is 1. The molecule has 34 heavy (non-hydrogen) atoms. The number of hydrogen-bond donors (Lipinski definition) is 2. The van der Waals surface area contributed by atoms with Gasteiger partial charge in [-0.1, -0.05) is 0 Å². The van der Waals surface area contributed by atoms with Crippen LogP contribution in [0, 0.1) is 11.4 Å². The third-order valence-electron chi connectivity index (χ3n) is 7.42. The Bertz CT molecular complexity index is 1400. The van der Waals surface area contributed by atoms with E-state index < -0.39 is 5.95 Å². The summed E-state index contributed by atoms with van der Waals surface area (Å²) >= 11 is 0. The molecule has 1 spiro atoms. The van der Waals surface area contributed by atoms with Crippen molar-refractivity contribution in [1.29, 1.82) is 0 Å². The molecule has 1 amide bonds. The summed E-state index contributed by atoms with van der Waals surface area (Å²) in [6.07, 6.45) is 8.95. The Labute approximate surface area is 195 Å². The molecule has 2 aliphatic rings. The predicted molar refractivity (Wildman–Crippen MR) is 125 cm³/mol. The third-order valence-corrected chi connectivity index (χ3v) is 7.42. The molecule has 0 bridgehead atoms. The van der Waals surface area contributed by atoms with Crippen molar-refractivity contribution in [2.45, 2.75) is 38.6 Å². The van der Waals surface area contributed by atoms with Crippen LogP contribution < -0.4 is 10.1 Å². The maximum absolute atomic E-state index is 14.0. The zero-order valence-corrected chi connectivity index (χ0v) is 19.1. The molecule has 0 atom stereocenters. The minimum atomic E-state index is -0.420. The topological polar surface area (TPSA) is 100 Å². The van der Waals surface area contributed by atoms with Crippen LogP contribution in [0.25, 0.3) is 27.8 Å². The molecule has 2 N–H and O–H groups in total. The highest BCUT2D eigenvalue weighted by atomic mass is 19.1.